The van der Waals surface area contributed by atoms with Crippen molar-refractivity contribution in [1.29, 1.82) is 0 Å². The number of carbonyl (C=O) groups is 1. The number of fused-ring (bicyclic) bond motifs is 2. The Kier molecular flexibility index (Phi) is 3.94. The molecule has 5 aromatic rings. The molecule has 142 valence electrons. The zero-order chi connectivity index (χ0) is 19.8. The van der Waals surface area contributed by atoms with Crippen molar-refractivity contribution >= 4 is 22.6 Å². The topological polar surface area (TPSA) is 124 Å². The molecule has 10 nitrogen and oxygen atoms in total. The Hall–Kier alpha value is -4.21. The molecule has 0 unspecified atom stereocenters. The smallest absolute Gasteiger partial charge is 0.271 e. The molecule has 0 aliphatic heterocycles. The van der Waals surface area contributed by atoms with Gasteiger partial charge in [0.1, 0.15) is 5.69 Å². The summed E-state index contributed by atoms with van der Waals surface area (Å²) in [4.78, 5) is 25.3. The van der Waals surface area contributed by atoms with Crippen molar-refractivity contribution in [2.45, 2.75) is 13.5 Å². The number of nitrogens with zero attached hydrogens (tertiary/aromatic N) is 7. The molecule has 0 bridgehead atoms. The third-order valence-electron chi connectivity index (χ3n) is 4.34. The summed E-state index contributed by atoms with van der Waals surface area (Å²) in [6, 6.07) is 11.0. The lowest BCUT2D eigenvalue weighted by molar-refractivity contribution is 0.0945. The van der Waals surface area contributed by atoms with E-state index in [1.165, 1.54) is 6.20 Å². The van der Waals surface area contributed by atoms with Crippen molar-refractivity contribution < 1.29 is 9.32 Å². The molecular weight excluding hydrogens is 372 g/mol. The summed E-state index contributed by atoms with van der Waals surface area (Å²) in [7, 11) is 0. The predicted molar refractivity (Wildman–Crippen MR) is 102 cm³/mol. The maximum Gasteiger partial charge on any atom is 0.271 e. The maximum atomic E-state index is 12.5. The third kappa shape index (κ3) is 3.16. The first-order valence-corrected chi connectivity index (χ1v) is 8.82. The molecule has 0 atom stereocenters. The number of para-hydroxylation sites is 2. The second-order valence-corrected chi connectivity index (χ2v) is 6.33. The molecule has 0 saturated heterocycles. The fraction of sp³-hybridized carbons (Fsp3) is 0.105. The van der Waals surface area contributed by atoms with Crippen molar-refractivity contribution in [1.82, 2.24) is 40.0 Å². The van der Waals surface area contributed by atoms with E-state index in [2.05, 4.69) is 35.6 Å². The van der Waals surface area contributed by atoms with Crippen LogP contribution in [0, 0.1) is 6.92 Å². The van der Waals surface area contributed by atoms with Crippen LogP contribution in [0.5, 0.6) is 0 Å². The third-order valence-corrected chi connectivity index (χ3v) is 4.34. The van der Waals surface area contributed by atoms with Gasteiger partial charge in [-0.3, -0.25) is 14.2 Å². The van der Waals surface area contributed by atoms with Gasteiger partial charge in [0.05, 0.1) is 23.8 Å². The van der Waals surface area contributed by atoms with Gasteiger partial charge in [0, 0.05) is 11.8 Å². The molecule has 1 aromatic carbocycles. The molecule has 10 heteroatoms. The normalized spacial score (nSPS) is 11.2. The molecule has 4 aromatic heterocycles. The number of hydrogen-bond acceptors (Lipinski definition) is 8. The monoisotopic (exact) mass is 386 g/mol. The first-order chi connectivity index (χ1) is 14.2. The van der Waals surface area contributed by atoms with E-state index in [1.54, 1.807) is 23.6 Å². The van der Waals surface area contributed by atoms with Crippen LogP contribution in [0.4, 0.5) is 0 Å². The highest BCUT2D eigenvalue weighted by molar-refractivity contribution is 5.93. The van der Waals surface area contributed by atoms with Gasteiger partial charge >= 0.3 is 0 Å². The second-order valence-electron chi connectivity index (χ2n) is 6.33. The highest BCUT2D eigenvalue weighted by atomic mass is 16.5. The summed E-state index contributed by atoms with van der Waals surface area (Å²) in [6.07, 6.45) is 3.25. The van der Waals surface area contributed by atoms with Crippen LogP contribution in [-0.2, 0) is 6.54 Å². The molecule has 5 rings (SSSR count). The first-order valence-electron chi connectivity index (χ1n) is 8.82. The minimum Gasteiger partial charge on any atom is -0.343 e. The summed E-state index contributed by atoms with van der Waals surface area (Å²) in [6.45, 7) is 1.94. The van der Waals surface area contributed by atoms with Crippen LogP contribution in [0.1, 0.15) is 22.1 Å². The molecule has 1 N–H and O–H groups in total. The summed E-state index contributed by atoms with van der Waals surface area (Å²) >= 11 is 0. The standard InChI is InChI=1S/C19H14N8O2/c1-11-22-19(29-26-11)12-6-7-27-16(8-12)24-25-17(27)10-21-18(28)15-9-20-13-4-2-3-5-14(13)23-15/h2-9H,10H2,1H3,(H,21,28). The van der Waals surface area contributed by atoms with Crippen molar-refractivity contribution in [3.05, 3.63) is 66.1 Å². The Morgan fingerprint density at radius 1 is 1.14 bits per heavy atom. The van der Waals surface area contributed by atoms with E-state index in [-0.39, 0.29) is 18.1 Å². The van der Waals surface area contributed by atoms with E-state index in [0.717, 1.165) is 11.1 Å². The van der Waals surface area contributed by atoms with E-state index in [9.17, 15) is 4.79 Å². The largest absolute Gasteiger partial charge is 0.343 e. The lowest BCUT2D eigenvalue weighted by Crippen LogP contribution is -2.25. The first kappa shape index (κ1) is 16.9. The van der Waals surface area contributed by atoms with Crippen LogP contribution in [0.15, 0.2) is 53.3 Å². The van der Waals surface area contributed by atoms with E-state index >= 15 is 0 Å². The minimum absolute atomic E-state index is 0.188. The van der Waals surface area contributed by atoms with E-state index in [1.807, 2.05) is 30.3 Å². The predicted octanol–water partition coefficient (Wildman–Crippen LogP) is 1.96. The van der Waals surface area contributed by atoms with Crippen molar-refractivity contribution in [2.24, 2.45) is 0 Å². The van der Waals surface area contributed by atoms with E-state index in [4.69, 9.17) is 4.52 Å². The molecule has 0 aliphatic carbocycles. The SMILES string of the molecule is Cc1noc(-c2ccn3c(CNC(=O)c4cnc5ccccc5n4)nnc3c2)n1. The van der Waals surface area contributed by atoms with Crippen molar-refractivity contribution in [2.75, 3.05) is 0 Å². The average molecular weight is 386 g/mol. The lowest BCUT2D eigenvalue weighted by Gasteiger charge is -2.05. The highest BCUT2D eigenvalue weighted by Crippen LogP contribution is 2.19. The Morgan fingerprint density at radius 2 is 2.00 bits per heavy atom. The number of hydrogen-bond donors (Lipinski definition) is 1. The number of aromatic nitrogens is 7. The van der Waals surface area contributed by atoms with Crippen LogP contribution >= 0.6 is 0 Å². The molecule has 0 spiro atoms. The molecule has 0 aliphatic rings. The molecule has 1 amide bonds. The van der Waals surface area contributed by atoms with Gasteiger partial charge in [-0.2, -0.15) is 4.98 Å². The Labute approximate surface area is 163 Å². The average Bonchev–Trinajstić information content (AvgIpc) is 3.37. The zero-order valence-electron chi connectivity index (χ0n) is 15.3. The van der Waals surface area contributed by atoms with Gasteiger partial charge in [-0.1, -0.05) is 17.3 Å². The summed E-state index contributed by atoms with van der Waals surface area (Å²) < 4.78 is 6.95. The molecule has 4 heterocycles. The minimum atomic E-state index is -0.335. The summed E-state index contributed by atoms with van der Waals surface area (Å²) in [5.74, 6) is 1.22. The number of pyridine rings is 1. The molecule has 0 fully saturated rings. The quantitative estimate of drug-likeness (QED) is 0.497. The number of carbonyl (C=O) groups excluding carboxylic acids is 1. The Balaban J connectivity index is 1.35. The van der Waals surface area contributed by atoms with Gasteiger partial charge in [-0.15, -0.1) is 10.2 Å². The van der Waals surface area contributed by atoms with Gasteiger partial charge in [0.25, 0.3) is 11.8 Å². The maximum absolute atomic E-state index is 12.5. The Morgan fingerprint density at radius 3 is 2.83 bits per heavy atom. The lowest BCUT2D eigenvalue weighted by atomic mass is 10.2. The van der Waals surface area contributed by atoms with Crippen LogP contribution in [0.2, 0.25) is 0 Å². The van der Waals surface area contributed by atoms with E-state index < -0.39 is 0 Å². The number of benzene rings is 1. The van der Waals surface area contributed by atoms with Crippen LogP contribution in [0.25, 0.3) is 28.1 Å². The van der Waals surface area contributed by atoms with Crippen LogP contribution in [0.3, 0.4) is 0 Å². The number of amides is 1. The number of aryl methyl sites for hydroxylation is 1. The summed E-state index contributed by atoms with van der Waals surface area (Å²) in [5.41, 5.74) is 2.99. The fourth-order valence-electron chi connectivity index (χ4n) is 2.92. The van der Waals surface area contributed by atoms with Gasteiger partial charge in [-0.05, 0) is 31.2 Å². The zero-order valence-corrected chi connectivity index (χ0v) is 15.3. The molecule has 0 saturated carbocycles. The fourth-order valence-corrected chi connectivity index (χ4v) is 2.92. The Bertz CT molecular complexity index is 1360. The highest BCUT2D eigenvalue weighted by Gasteiger charge is 2.13. The van der Waals surface area contributed by atoms with Gasteiger partial charge in [0.2, 0.25) is 0 Å². The second kappa shape index (κ2) is 6.75. The van der Waals surface area contributed by atoms with Crippen LogP contribution < -0.4 is 5.32 Å². The van der Waals surface area contributed by atoms with Gasteiger partial charge < -0.3 is 9.84 Å². The van der Waals surface area contributed by atoms with Crippen LogP contribution in [-0.4, -0.2) is 40.6 Å². The molecule has 29 heavy (non-hydrogen) atoms. The molecular formula is C19H14N8O2. The van der Waals surface area contributed by atoms with E-state index in [0.29, 0.717) is 28.7 Å². The summed E-state index contributed by atoms with van der Waals surface area (Å²) in [5, 5.41) is 14.9. The van der Waals surface area contributed by atoms with Crippen molar-refractivity contribution in [3.8, 4) is 11.5 Å². The van der Waals surface area contributed by atoms with Crippen molar-refractivity contribution in [3.63, 3.8) is 0 Å². The molecule has 0 radical (unpaired) electrons. The number of rotatable bonds is 4. The van der Waals surface area contributed by atoms with Gasteiger partial charge in [-0.25, -0.2) is 4.98 Å². The number of nitrogens with one attached hydrogen (secondary N) is 1. The van der Waals surface area contributed by atoms with Gasteiger partial charge in [0.15, 0.2) is 17.3 Å².